The van der Waals surface area contributed by atoms with Gasteiger partial charge < -0.3 is 14.4 Å². The maximum Gasteiger partial charge on any atom is 0.138 e. The number of benzene rings is 1. The van der Waals surface area contributed by atoms with Gasteiger partial charge >= 0.3 is 0 Å². The van der Waals surface area contributed by atoms with Crippen molar-refractivity contribution in [1.82, 2.24) is 4.90 Å². The van der Waals surface area contributed by atoms with Crippen LogP contribution in [0.1, 0.15) is 0 Å². The smallest absolute Gasteiger partial charge is 0.138 e. The van der Waals surface area contributed by atoms with Gasteiger partial charge in [0.1, 0.15) is 24.3 Å². The maximum absolute atomic E-state index is 12.8. The van der Waals surface area contributed by atoms with Gasteiger partial charge in [0.2, 0.25) is 0 Å². The molecule has 0 aromatic heterocycles. The fourth-order valence-electron chi connectivity index (χ4n) is 1.66. The highest BCUT2D eigenvalue weighted by molar-refractivity contribution is 6.32. The second kappa shape index (κ2) is 5.67. The Bertz CT molecular complexity index is 389. The van der Waals surface area contributed by atoms with Crippen LogP contribution in [0.5, 0.6) is 5.75 Å². The molecule has 0 N–H and O–H groups in total. The van der Waals surface area contributed by atoms with E-state index in [4.69, 9.17) is 21.1 Å². The van der Waals surface area contributed by atoms with Gasteiger partial charge in [0.05, 0.1) is 11.6 Å². The van der Waals surface area contributed by atoms with Crippen LogP contribution in [0.3, 0.4) is 0 Å². The van der Waals surface area contributed by atoms with Crippen LogP contribution >= 0.6 is 11.6 Å². The number of hydrogen-bond donors (Lipinski definition) is 0. The summed E-state index contributed by atoms with van der Waals surface area (Å²) in [6.07, 6.45) is -0.0256. The summed E-state index contributed by atoms with van der Waals surface area (Å²) in [7, 11) is 3.85. The van der Waals surface area contributed by atoms with Crippen molar-refractivity contribution in [1.29, 1.82) is 0 Å². The minimum absolute atomic E-state index is 0.0256. The van der Waals surface area contributed by atoms with Gasteiger partial charge in [0.25, 0.3) is 0 Å². The summed E-state index contributed by atoms with van der Waals surface area (Å²) in [5, 5.41) is 0.271. The molecule has 1 aliphatic heterocycles. The highest BCUT2D eigenvalue weighted by Crippen LogP contribution is 2.25. The molecule has 3 nitrogen and oxygen atoms in total. The third kappa shape index (κ3) is 3.56. The van der Waals surface area contributed by atoms with Gasteiger partial charge in [-0.05, 0) is 24.7 Å². The number of hydrogen-bond acceptors (Lipinski definition) is 3. The number of rotatable bonds is 3. The molecule has 1 aromatic carbocycles. The fraction of sp³-hybridized carbons (Fsp3) is 0.417. The molecule has 0 spiro atoms. The quantitative estimate of drug-likeness (QED) is 0.777. The summed E-state index contributed by atoms with van der Waals surface area (Å²) in [6, 6.07) is 4.06. The molecule has 1 atom stereocenters. The van der Waals surface area contributed by atoms with Crippen molar-refractivity contribution in [2.45, 2.75) is 6.10 Å². The molecular formula is C12H14ClFNO2-. The van der Waals surface area contributed by atoms with Crippen molar-refractivity contribution in [2.24, 2.45) is 0 Å². The monoisotopic (exact) mass is 258 g/mol. The van der Waals surface area contributed by atoms with Gasteiger partial charge in [-0.3, -0.25) is 7.05 Å². The van der Waals surface area contributed by atoms with Crippen LogP contribution in [-0.2, 0) is 4.74 Å². The second-order valence-corrected chi connectivity index (χ2v) is 4.36. The van der Waals surface area contributed by atoms with Crippen LogP contribution in [0.15, 0.2) is 18.2 Å². The van der Waals surface area contributed by atoms with E-state index in [9.17, 15) is 4.39 Å². The van der Waals surface area contributed by atoms with Gasteiger partial charge in [0.15, 0.2) is 0 Å². The van der Waals surface area contributed by atoms with E-state index in [0.29, 0.717) is 19.0 Å². The van der Waals surface area contributed by atoms with Crippen molar-refractivity contribution in [3.63, 3.8) is 0 Å². The van der Waals surface area contributed by atoms with Crippen molar-refractivity contribution in [3.05, 3.63) is 36.1 Å². The molecule has 2 rings (SSSR count). The largest absolute Gasteiger partial charge is 0.489 e. The van der Waals surface area contributed by atoms with E-state index in [2.05, 4.69) is 7.05 Å². The van der Waals surface area contributed by atoms with E-state index in [-0.39, 0.29) is 16.9 Å². The van der Waals surface area contributed by atoms with Crippen LogP contribution in [0.4, 0.5) is 4.39 Å². The highest BCUT2D eigenvalue weighted by Gasteiger charge is 2.16. The Labute approximate surface area is 105 Å². The summed E-state index contributed by atoms with van der Waals surface area (Å²) in [5.74, 6) is 0.0954. The molecule has 0 saturated carbocycles. The number of nitrogens with zero attached hydrogens (tertiary/aromatic N) is 1. The molecule has 17 heavy (non-hydrogen) atoms. The topological polar surface area (TPSA) is 21.7 Å². The Hall–Kier alpha value is -0.840. The Kier molecular flexibility index (Phi) is 4.20. The van der Waals surface area contributed by atoms with E-state index in [0.717, 1.165) is 13.1 Å². The zero-order valence-corrected chi connectivity index (χ0v) is 10.1. The summed E-state index contributed by atoms with van der Waals surface area (Å²) >= 11 is 5.85. The Morgan fingerprint density at radius 1 is 1.59 bits per heavy atom. The second-order valence-electron chi connectivity index (χ2n) is 3.96. The third-order valence-electron chi connectivity index (χ3n) is 2.54. The van der Waals surface area contributed by atoms with E-state index in [1.165, 1.54) is 18.2 Å². The predicted octanol–water partition coefficient (Wildman–Crippen LogP) is 2.35. The third-order valence-corrected chi connectivity index (χ3v) is 2.84. The van der Waals surface area contributed by atoms with Crippen molar-refractivity contribution in [2.75, 3.05) is 26.3 Å². The lowest BCUT2D eigenvalue weighted by Crippen LogP contribution is -2.41. The van der Waals surface area contributed by atoms with E-state index in [1.807, 2.05) is 4.90 Å². The predicted molar refractivity (Wildman–Crippen MR) is 63.6 cm³/mol. The van der Waals surface area contributed by atoms with Crippen molar-refractivity contribution >= 4 is 11.6 Å². The van der Waals surface area contributed by atoms with E-state index >= 15 is 0 Å². The first-order valence-corrected chi connectivity index (χ1v) is 5.78. The average Bonchev–Trinajstić information content (AvgIpc) is 2.28. The molecule has 94 valence electrons. The van der Waals surface area contributed by atoms with Crippen molar-refractivity contribution in [3.8, 4) is 5.75 Å². The highest BCUT2D eigenvalue weighted by atomic mass is 35.5. The summed E-state index contributed by atoms with van der Waals surface area (Å²) in [5.41, 5.74) is 0. The molecule has 1 heterocycles. The van der Waals surface area contributed by atoms with Gasteiger partial charge in [0, 0.05) is 6.54 Å². The number of ether oxygens (including phenoxy) is 2. The Morgan fingerprint density at radius 2 is 2.41 bits per heavy atom. The van der Waals surface area contributed by atoms with Crippen LogP contribution < -0.4 is 4.74 Å². The maximum atomic E-state index is 12.8. The molecule has 5 heteroatoms. The first-order valence-electron chi connectivity index (χ1n) is 5.40. The normalized spacial score (nSPS) is 21.5. The van der Waals surface area contributed by atoms with E-state index in [1.54, 1.807) is 0 Å². The summed E-state index contributed by atoms with van der Waals surface area (Å²) < 4.78 is 23.8. The SMILES string of the molecule is [CH2-]N1CCOC(COc2ccc(F)cc2Cl)C1. The molecule has 1 fully saturated rings. The first-order chi connectivity index (χ1) is 8.15. The molecule has 0 bridgehead atoms. The summed E-state index contributed by atoms with van der Waals surface area (Å²) in [4.78, 5) is 1.93. The fourth-order valence-corrected chi connectivity index (χ4v) is 1.88. The van der Waals surface area contributed by atoms with Gasteiger partial charge in [-0.2, -0.15) is 0 Å². The molecule has 1 aromatic rings. The van der Waals surface area contributed by atoms with Gasteiger partial charge in [-0.25, -0.2) is 4.39 Å². The minimum atomic E-state index is -0.375. The molecule has 0 aliphatic carbocycles. The minimum Gasteiger partial charge on any atom is -0.489 e. The first kappa shape index (κ1) is 12.6. The van der Waals surface area contributed by atoms with Crippen LogP contribution in [-0.4, -0.2) is 37.3 Å². The summed E-state index contributed by atoms with van der Waals surface area (Å²) in [6.45, 7) is 2.58. The lowest BCUT2D eigenvalue weighted by molar-refractivity contribution is -0.0353. The molecule has 0 radical (unpaired) electrons. The van der Waals surface area contributed by atoms with Crippen molar-refractivity contribution < 1.29 is 13.9 Å². The van der Waals surface area contributed by atoms with E-state index < -0.39 is 0 Å². The molecule has 1 saturated heterocycles. The lowest BCUT2D eigenvalue weighted by atomic mass is 10.3. The lowest BCUT2D eigenvalue weighted by Gasteiger charge is -2.35. The molecule has 1 unspecified atom stereocenters. The molecule has 1 aliphatic rings. The average molecular weight is 259 g/mol. The number of morpholine rings is 1. The molecular weight excluding hydrogens is 245 g/mol. The van der Waals surface area contributed by atoms with Crippen LogP contribution in [0, 0.1) is 12.9 Å². The van der Waals surface area contributed by atoms with Gasteiger partial charge in [-0.15, -0.1) is 0 Å². The zero-order chi connectivity index (χ0) is 12.3. The Morgan fingerprint density at radius 3 is 3.12 bits per heavy atom. The van der Waals surface area contributed by atoms with Crippen LogP contribution in [0.2, 0.25) is 5.02 Å². The van der Waals surface area contributed by atoms with Gasteiger partial charge in [-0.1, -0.05) is 11.6 Å². The standard InChI is InChI=1S/C12H14ClFNO2/c1-15-4-5-16-10(7-15)8-17-12-3-2-9(14)6-11(12)13/h2-3,6,10H,1,4-5,7-8H2/q-1. The van der Waals surface area contributed by atoms with Crippen LogP contribution in [0.25, 0.3) is 0 Å². The molecule has 0 amide bonds. The number of halogens is 2. The Balaban J connectivity index is 1.88. The zero-order valence-electron chi connectivity index (χ0n) is 9.36.